The summed E-state index contributed by atoms with van der Waals surface area (Å²) < 4.78 is 0. The van der Waals surface area contributed by atoms with Crippen LogP contribution in [0.2, 0.25) is 0 Å². The highest BCUT2D eigenvalue weighted by atomic mass is 16.3. The molecule has 1 N–H and O–H groups in total. The molecule has 0 atom stereocenters. The third-order valence-corrected chi connectivity index (χ3v) is 3.09. The van der Waals surface area contributed by atoms with Gasteiger partial charge in [0, 0.05) is 24.0 Å². The molecule has 0 aliphatic carbocycles. The number of nitrogens with zero attached hydrogens (tertiary/aromatic N) is 1. The van der Waals surface area contributed by atoms with Gasteiger partial charge in [0.2, 0.25) is 0 Å². The van der Waals surface area contributed by atoms with Crippen LogP contribution in [0.5, 0.6) is 0 Å². The second-order valence-electron chi connectivity index (χ2n) is 5.04. The highest BCUT2D eigenvalue weighted by molar-refractivity contribution is 4.98. The minimum Gasteiger partial charge on any atom is -0.396 e. The van der Waals surface area contributed by atoms with Crippen LogP contribution in [0, 0.1) is 5.41 Å². The Kier molecular flexibility index (Phi) is 2.50. The van der Waals surface area contributed by atoms with Crippen molar-refractivity contribution in [1.29, 1.82) is 0 Å². The maximum atomic E-state index is 9.19. The molecule has 0 bridgehead atoms. The third kappa shape index (κ3) is 1.64. The maximum absolute atomic E-state index is 9.19. The second-order valence-corrected chi connectivity index (χ2v) is 5.04. The summed E-state index contributed by atoms with van der Waals surface area (Å²) in [5.41, 5.74) is 0.487. The lowest BCUT2D eigenvalue weighted by Crippen LogP contribution is -2.63. The first-order valence-corrected chi connectivity index (χ1v) is 4.79. The van der Waals surface area contributed by atoms with Crippen LogP contribution in [0.4, 0.5) is 0 Å². The van der Waals surface area contributed by atoms with Crippen molar-refractivity contribution in [3.05, 3.63) is 0 Å². The summed E-state index contributed by atoms with van der Waals surface area (Å²) in [5.74, 6) is 0. The normalized spacial score (nSPS) is 23.8. The molecule has 0 aromatic rings. The molecule has 72 valence electrons. The van der Waals surface area contributed by atoms with E-state index in [1.165, 1.54) is 0 Å². The third-order valence-electron chi connectivity index (χ3n) is 3.09. The van der Waals surface area contributed by atoms with Crippen LogP contribution in [0.15, 0.2) is 0 Å². The highest BCUT2D eigenvalue weighted by Gasteiger charge is 2.44. The van der Waals surface area contributed by atoms with Gasteiger partial charge in [-0.1, -0.05) is 6.92 Å². The lowest BCUT2D eigenvalue weighted by atomic mass is 9.76. The van der Waals surface area contributed by atoms with E-state index in [1.807, 2.05) is 0 Å². The van der Waals surface area contributed by atoms with Crippen molar-refractivity contribution in [1.82, 2.24) is 4.90 Å². The van der Waals surface area contributed by atoms with E-state index >= 15 is 0 Å². The van der Waals surface area contributed by atoms with Crippen molar-refractivity contribution in [3.63, 3.8) is 0 Å². The quantitative estimate of drug-likeness (QED) is 0.680. The van der Waals surface area contributed by atoms with Crippen LogP contribution in [-0.4, -0.2) is 35.2 Å². The van der Waals surface area contributed by atoms with Gasteiger partial charge in [-0.3, -0.25) is 4.90 Å². The summed E-state index contributed by atoms with van der Waals surface area (Å²) >= 11 is 0. The molecule has 2 heteroatoms. The molecule has 1 aliphatic rings. The SMILES string of the molecule is CCC1(CO)CN(C(C)(C)C)C1. The number of aliphatic hydroxyl groups excluding tert-OH is 1. The minimum atomic E-state index is 0.216. The van der Waals surface area contributed by atoms with Gasteiger partial charge < -0.3 is 5.11 Å². The second kappa shape index (κ2) is 3.00. The zero-order valence-electron chi connectivity index (χ0n) is 8.72. The summed E-state index contributed by atoms with van der Waals surface area (Å²) in [7, 11) is 0. The maximum Gasteiger partial charge on any atom is 0.0511 e. The van der Waals surface area contributed by atoms with E-state index in [0.29, 0.717) is 6.61 Å². The van der Waals surface area contributed by atoms with Crippen LogP contribution in [0.3, 0.4) is 0 Å². The largest absolute Gasteiger partial charge is 0.396 e. The Morgan fingerprint density at radius 1 is 1.33 bits per heavy atom. The molecule has 1 rings (SSSR count). The van der Waals surface area contributed by atoms with E-state index in [-0.39, 0.29) is 11.0 Å². The van der Waals surface area contributed by atoms with Crippen molar-refractivity contribution in [2.45, 2.75) is 39.7 Å². The molecule has 0 unspecified atom stereocenters. The lowest BCUT2D eigenvalue weighted by Gasteiger charge is -2.55. The van der Waals surface area contributed by atoms with E-state index in [4.69, 9.17) is 0 Å². The Morgan fingerprint density at radius 2 is 1.83 bits per heavy atom. The standard InChI is InChI=1S/C10H21NO/c1-5-10(8-12)6-11(7-10)9(2,3)4/h12H,5-8H2,1-4H3. The van der Waals surface area contributed by atoms with Gasteiger partial charge in [-0.05, 0) is 27.2 Å². The van der Waals surface area contributed by atoms with Crippen LogP contribution in [0.1, 0.15) is 34.1 Å². The molecule has 0 spiro atoms. The first kappa shape index (κ1) is 10.0. The van der Waals surface area contributed by atoms with Crippen molar-refractivity contribution in [3.8, 4) is 0 Å². The highest BCUT2D eigenvalue weighted by Crippen LogP contribution is 2.37. The lowest BCUT2D eigenvalue weighted by molar-refractivity contribution is -0.0881. The number of hydrogen-bond acceptors (Lipinski definition) is 2. The summed E-state index contributed by atoms with van der Waals surface area (Å²) in [6.07, 6.45) is 1.09. The predicted molar refractivity (Wildman–Crippen MR) is 51.1 cm³/mol. The summed E-state index contributed by atoms with van der Waals surface area (Å²) in [6, 6.07) is 0. The van der Waals surface area contributed by atoms with Crippen LogP contribution in [-0.2, 0) is 0 Å². The van der Waals surface area contributed by atoms with Gasteiger partial charge in [-0.25, -0.2) is 0 Å². The zero-order chi connectivity index (χ0) is 9.41. The van der Waals surface area contributed by atoms with Crippen molar-refractivity contribution in [2.75, 3.05) is 19.7 Å². The van der Waals surface area contributed by atoms with Crippen LogP contribution in [0.25, 0.3) is 0 Å². The number of aliphatic hydroxyl groups is 1. The zero-order valence-corrected chi connectivity index (χ0v) is 8.72. The average molecular weight is 171 g/mol. The molecule has 1 heterocycles. The van der Waals surface area contributed by atoms with Gasteiger partial charge in [-0.2, -0.15) is 0 Å². The van der Waals surface area contributed by atoms with Gasteiger partial charge >= 0.3 is 0 Å². The van der Waals surface area contributed by atoms with Crippen molar-refractivity contribution >= 4 is 0 Å². The first-order valence-electron chi connectivity index (χ1n) is 4.79. The molecule has 0 radical (unpaired) electrons. The van der Waals surface area contributed by atoms with Gasteiger partial charge in [-0.15, -0.1) is 0 Å². The molecule has 0 saturated carbocycles. The molecule has 1 fully saturated rings. The van der Waals surface area contributed by atoms with Crippen molar-refractivity contribution < 1.29 is 5.11 Å². The fourth-order valence-electron chi connectivity index (χ4n) is 1.67. The van der Waals surface area contributed by atoms with E-state index in [1.54, 1.807) is 0 Å². The predicted octanol–water partition coefficient (Wildman–Crippen LogP) is 1.49. The molecule has 2 nitrogen and oxygen atoms in total. The molecule has 1 saturated heterocycles. The Labute approximate surface area is 75.6 Å². The molecular weight excluding hydrogens is 150 g/mol. The molecule has 12 heavy (non-hydrogen) atoms. The van der Waals surface area contributed by atoms with Gasteiger partial charge in [0.25, 0.3) is 0 Å². The summed E-state index contributed by atoms with van der Waals surface area (Å²) in [6.45, 7) is 11.3. The van der Waals surface area contributed by atoms with Gasteiger partial charge in [0.05, 0.1) is 6.61 Å². The molecular formula is C10H21NO. The molecule has 0 amide bonds. The van der Waals surface area contributed by atoms with E-state index in [0.717, 1.165) is 19.5 Å². The van der Waals surface area contributed by atoms with Gasteiger partial charge in [0.1, 0.15) is 0 Å². The smallest absolute Gasteiger partial charge is 0.0511 e. The Morgan fingerprint density at radius 3 is 2.08 bits per heavy atom. The van der Waals surface area contributed by atoms with E-state index in [9.17, 15) is 5.11 Å². The van der Waals surface area contributed by atoms with Crippen LogP contribution < -0.4 is 0 Å². The van der Waals surface area contributed by atoms with Crippen LogP contribution >= 0.6 is 0 Å². The number of hydrogen-bond donors (Lipinski definition) is 1. The Hall–Kier alpha value is -0.0800. The summed E-state index contributed by atoms with van der Waals surface area (Å²) in [5, 5.41) is 9.19. The summed E-state index contributed by atoms with van der Waals surface area (Å²) in [4.78, 5) is 2.42. The number of likely N-dealkylation sites (tertiary alicyclic amines) is 1. The minimum absolute atomic E-state index is 0.216. The Balaban J connectivity index is 2.45. The molecule has 0 aromatic carbocycles. The molecule has 1 aliphatic heterocycles. The molecule has 0 aromatic heterocycles. The first-order chi connectivity index (χ1) is 5.43. The van der Waals surface area contributed by atoms with Gasteiger partial charge in [0.15, 0.2) is 0 Å². The average Bonchev–Trinajstić information content (AvgIpc) is 1.85. The monoisotopic (exact) mass is 171 g/mol. The topological polar surface area (TPSA) is 23.5 Å². The van der Waals surface area contributed by atoms with E-state index < -0.39 is 0 Å². The Bertz CT molecular complexity index is 148. The fraction of sp³-hybridized carbons (Fsp3) is 1.00. The van der Waals surface area contributed by atoms with E-state index in [2.05, 4.69) is 32.6 Å². The number of rotatable bonds is 2. The fourth-order valence-corrected chi connectivity index (χ4v) is 1.67. The van der Waals surface area contributed by atoms with Crippen molar-refractivity contribution in [2.24, 2.45) is 5.41 Å².